The van der Waals surface area contributed by atoms with Gasteiger partial charge in [-0.1, -0.05) is 17.7 Å². The van der Waals surface area contributed by atoms with Gasteiger partial charge in [-0.2, -0.15) is 0 Å². The van der Waals surface area contributed by atoms with Crippen molar-refractivity contribution in [1.82, 2.24) is 9.97 Å². The Labute approximate surface area is 214 Å². The minimum absolute atomic E-state index is 0.0815. The maximum absolute atomic E-state index is 12.7. The molecule has 0 saturated carbocycles. The molecule has 2 heterocycles. The fraction of sp³-hybridized carbons (Fsp3) is 0.250. The summed E-state index contributed by atoms with van der Waals surface area (Å²) in [5, 5.41) is 13.7. The van der Waals surface area contributed by atoms with E-state index in [1.807, 2.05) is 25.1 Å². The molecule has 184 valence electrons. The molecular formula is C28H26ClN3O4. The number of amides is 1. The van der Waals surface area contributed by atoms with Crippen LogP contribution in [0, 0.1) is 6.92 Å². The van der Waals surface area contributed by atoms with Gasteiger partial charge in [-0.3, -0.25) is 9.78 Å². The number of halogens is 1. The summed E-state index contributed by atoms with van der Waals surface area (Å²) < 4.78 is 11.8. The molecule has 0 bridgehead atoms. The zero-order chi connectivity index (χ0) is 25.4. The van der Waals surface area contributed by atoms with Crippen LogP contribution in [0.1, 0.15) is 47.7 Å². The first kappa shape index (κ1) is 24.0. The fourth-order valence-electron chi connectivity index (χ4n) is 4.37. The molecule has 5 rings (SSSR count). The Balaban J connectivity index is 1.30. The van der Waals surface area contributed by atoms with Crippen LogP contribution in [0.3, 0.4) is 0 Å². The first-order valence-electron chi connectivity index (χ1n) is 11.7. The highest BCUT2D eigenvalue weighted by Crippen LogP contribution is 2.45. The molecule has 4 aromatic rings. The summed E-state index contributed by atoms with van der Waals surface area (Å²) in [6, 6.07) is 16.0. The number of hydrogen-bond acceptors (Lipinski definition) is 6. The topological polar surface area (TPSA) is 93.6 Å². The molecule has 1 unspecified atom stereocenters. The third-order valence-corrected chi connectivity index (χ3v) is 6.54. The monoisotopic (exact) mass is 503 g/mol. The molecule has 0 fully saturated rings. The van der Waals surface area contributed by atoms with Crippen molar-refractivity contribution >= 4 is 34.4 Å². The van der Waals surface area contributed by atoms with Gasteiger partial charge in [0.05, 0.1) is 34.5 Å². The van der Waals surface area contributed by atoms with E-state index in [1.165, 1.54) is 0 Å². The molecule has 0 aliphatic carbocycles. The predicted molar refractivity (Wildman–Crippen MR) is 139 cm³/mol. The summed E-state index contributed by atoms with van der Waals surface area (Å²) in [7, 11) is 0. The van der Waals surface area contributed by atoms with Crippen LogP contribution in [0.5, 0.6) is 17.2 Å². The van der Waals surface area contributed by atoms with Crippen molar-refractivity contribution in [2.75, 3.05) is 11.9 Å². The molecule has 1 aromatic heterocycles. The number of nitrogens with one attached hydrogen (secondary N) is 1. The SMILES string of the molecule is Cc1ccc2nc(NC(=O)c3ccc(Oc4cc5c(cc4Cl)C(C(C)(C)O)CCO5)cc3)cnc2c1. The molecule has 2 N–H and O–H groups in total. The number of ether oxygens (including phenoxy) is 2. The first-order chi connectivity index (χ1) is 17.2. The largest absolute Gasteiger partial charge is 0.493 e. The van der Waals surface area contributed by atoms with Crippen molar-refractivity contribution in [3.63, 3.8) is 0 Å². The number of fused-ring (bicyclic) bond motifs is 2. The molecule has 1 atom stereocenters. The quantitative estimate of drug-likeness (QED) is 0.333. The molecule has 7 nitrogen and oxygen atoms in total. The van der Waals surface area contributed by atoms with Gasteiger partial charge < -0.3 is 19.9 Å². The van der Waals surface area contributed by atoms with Crippen molar-refractivity contribution in [3.8, 4) is 17.2 Å². The minimum Gasteiger partial charge on any atom is -0.493 e. The Bertz CT molecular complexity index is 1450. The summed E-state index contributed by atoms with van der Waals surface area (Å²) in [4.78, 5) is 21.6. The van der Waals surface area contributed by atoms with Crippen molar-refractivity contribution in [2.24, 2.45) is 0 Å². The molecule has 0 spiro atoms. The maximum Gasteiger partial charge on any atom is 0.256 e. The standard InChI is InChI=1S/C28H26ClN3O4/c1-16-4-9-22-23(12-16)30-15-26(31-22)32-27(33)17-5-7-18(8-6-17)36-25-14-24-19(13-21(25)29)20(10-11-35-24)28(2,3)34/h4-9,12-15,20,34H,10-11H2,1-3H3,(H,31,32,33). The number of carbonyl (C=O) groups excluding carboxylic acids is 1. The number of rotatable bonds is 5. The van der Waals surface area contributed by atoms with E-state index < -0.39 is 5.60 Å². The van der Waals surface area contributed by atoms with Crippen molar-refractivity contribution < 1.29 is 19.4 Å². The second-order valence-electron chi connectivity index (χ2n) is 9.49. The molecular weight excluding hydrogens is 478 g/mol. The number of aryl methyl sites for hydroxylation is 1. The number of aliphatic hydroxyl groups is 1. The van der Waals surface area contributed by atoms with Gasteiger partial charge in [0.15, 0.2) is 5.82 Å². The van der Waals surface area contributed by atoms with Crippen LogP contribution in [0.4, 0.5) is 5.82 Å². The normalized spacial score (nSPS) is 15.2. The lowest BCUT2D eigenvalue weighted by Gasteiger charge is -2.34. The van der Waals surface area contributed by atoms with E-state index in [2.05, 4.69) is 15.3 Å². The molecule has 1 aliphatic rings. The highest BCUT2D eigenvalue weighted by atomic mass is 35.5. The Hall–Kier alpha value is -3.68. The number of carbonyl (C=O) groups is 1. The second-order valence-corrected chi connectivity index (χ2v) is 9.90. The van der Waals surface area contributed by atoms with Crippen LogP contribution in [0.25, 0.3) is 11.0 Å². The maximum atomic E-state index is 12.7. The second kappa shape index (κ2) is 9.41. The van der Waals surface area contributed by atoms with Gasteiger partial charge in [-0.25, -0.2) is 4.98 Å². The van der Waals surface area contributed by atoms with Gasteiger partial charge in [0.1, 0.15) is 17.2 Å². The van der Waals surface area contributed by atoms with Gasteiger partial charge >= 0.3 is 0 Å². The summed E-state index contributed by atoms with van der Waals surface area (Å²) in [6.45, 7) is 6.07. The van der Waals surface area contributed by atoms with Gasteiger partial charge in [-0.15, -0.1) is 0 Å². The lowest BCUT2D eigenvalue weighted by molar-refractivity contribution is 0.0339. The molecule has 1 amide bonds. The third kappa shape index (κ3) is 4.98. The lowest BCUT2D eigenvalue weighted by atomic mass is 9.81. The van der Waals surface area contributed by atoms with Gasteiger partial charge in [0.2, 0.25) is 0 Å². The van der Waals surface area contributed by atoms with Gasteiger partial charge in [0.25, 0.3) is 5.91 Å². The van der Waals surface area contributed by atoms with E-state index >= 15 is 0 Å². The van der Waals surface area contributed by atoms with Gasteiger partial charge in [0, 0.05) is 23.1 Å². The van der Waals surface area contributed by atoms with E-state index in [9.17, 15) is 9.90 Å². The molecule has 0 saturated heterocycles. The van der Waals surface area contributed by atoms with Crippen LogP contribution in [0.2, 0.25) is 5.02 Å². The molecule has 0 radical (unpaired) electrons. The predicted octanol–water partition coefficient (Wildman–Crippen LogP) is 6.27. The minimum atomic E-state index is -0.891. The number of anilines is 1. The molecule has 3 aromatic carbocycles. The van der Waals surface area contributed by atoms with Crippen molar-refractivity contribution in [3.05, 3.63) is 82.5 Å². The Morgan fingerprint density at radius 1 is 1.14 bits per heavy atom. The highest BCUT2D eigenvalue weighted by Gasteiger charge is 2.34. The van der Waals surface area contributed by atoms with Gasteiger partial charge in [-0.05, 0) is 75.2 Å². The summed E-state index contributed by atoms with van der Waals surface area (Å²) in [5.74, 6) is 1.59. The highest BCUT2D eigenvalue weighted by molar-refractivity contribution is 6.32. The summed E-state index contributed by atoms with van der Waals surface area (Å²) >= 11 is 6.51. The molecule has 36 heavy (non-hydrogen) atoms. The van der Waals surface area contributed by atoms with Crippen LogP contribution >= 0.6 is 11.6 Å². The fourth-order valence-corrected chi connectivity index (χ4v) is 4.58. The average Bonchev–Trinajstić information content (AvgIpc) is 2.84. The van der Waals surface area contributed by atoms with Crippen molar-refractivity contribution in [1.29, 1.82) is 0 Å². The van der Waals surface area contributed by atoms with E-state index in [1.54, 1.807) is 56.4 Å². The summed E-state index contributed by atoms with van der Waals surface area (Å²) in [6.07, 6.45) is 2.25. The average molecular weight is 504 g/mol. The third-order valence-electron chi connectivity index (χ3n) is 6.24. The van der Waals surface area contributed by atoms with Crippen LogP contribution in [0.15, 0.2) is 60.8 Å². The zero-order valence-electron chi connectivity index (χ0n) is 20.2. The number of nitrogens with zero attached hydrogens (tertiary/aromatic N) is 2. The summed E-state index contributed by atoms with van der Waals surface area (Å²) in [5.41, 5.74) is 3.00. The van der Waals surface area contributed by atoms with E-state index in [0.717, 1.165) is 16.6 Å². The number of aromatic nitrogens is 2. The molecule has 8 heteroatoms. The number of benzene rings is 3. The number of hydrogen-bond donors (Lipinski definition) is 2. The Kier molecular flexibility index (Phi) is 6.28. The smallest absolute Gasteiger partial charge is 0.256 e. The van der Waals surface area contributed by atoms with Crippen LogP contribution in [-0.4, -0.2) is 33.2 Å². The lowest BCUT2D eigenvalue weighted by Crippen LogP contribution is -2.32. The first-order valence-corrected chi connectivity index (χ1v) is 12.1. The Morgan fingerprint density at radius 3 is 2.67 bits per heavy atom. The van der Waals surface area contributed by atoms with Crippen LogP contribution < -0.4 is 14.8 Å². The van der Waals surface area contributed by atoms with Crippen LogP contribution in [-0.2, 0) is 0 Å². The Morgan fingerprint density at radius 2 is 1.92 bits per heavy atom. The zero-order valence-corrected chi connectivity index (χ0v) is 21.0. The van der Waals surface area contributed by atoms with E-state index in [-0.39, 0.29) is 11.8 Å². The van der Waals surface area contributed by atoms with Crippen molar-refractivity contribution in [2.45, 2.75) is 38.7 Å². The van der Waals surface area contributed by atoms with E-state index in [4.69, 9.17) is 21.1 Å². The molecule has 1 aliphatic heterocycles. The van der Waals surface area contributed by atoms with E-state index in [0.29, 0.717) is 52.2 Å².